The third-order valence-electron chi connectivity index (χ3n) is 9.34. The van der Waals surface area contributed by atoms with E-state index in [1.807, 2.05) is 0 Å². The van der Waals surface area contributed by atoms with Crippen molar-refractivity contribution >= 4 is 23.4 Å². The number of nitrogens with one attached hydrogen (secondary N) is 3. The average Bonchev–Trinajstić information content (AvgIpc) is 3.08. The lowest BCUT2D eigenvalue weighted by Gasteiger charge is -2.46. The second kappa shape index (κ2) is 21.5. The van der Waals surface area contributed by atoms with Gasteiger partial charge in [-0.25, -0.2) is 0 Å². The van der Waals surface area contributed by atoms with Crippen molar-refractivity contribution in [3.8, 4) is 0 Å². The number of hydrogen-bond acceptors (Lipinski definition) is 16. The Morgan fingerprint density at radius 1 is 0.824 bits per heavy atom. The van der Waals surface area contributed by atoms with Crippen LogP contribution in [0, 0.1) is 5.92 Å². The first-order chi connectivity index (χ1) is 24.0. The number of Topliss-reactive ketones (excluding diaryl/α,β-unsaturated/α-hetero) is 2. The van der Waals surface area contributed by atoms with Gasteiger partial charge in [-0.3, -0.25) is 19.7 Å². The molecule has 51 heavy (non-hydrogen) atoms. The second-order valence-corrected chi connectivity index (χ2v) is 13.8. The smallest absolute Gasteiger partial charge is 0.320 e. The first-order valence-corrected chi connectivity index (χ1v) is 17.5. The zero-order valence-corrected chi connectivity index (χ0v) is 30.1. The van der Waals surface area contributed by atoms with E-state index < -0.39 is 98.0 Å². The number of amides is 1. The molecule has 2 fully saturated rings. The van der Waals surface area contributed by atoms with Gasteiger partial charge in [-0.2, -0.15) is 0 Å². The molecular formula is C33H59N3O15. The van der Waals surface area contributed by atoms with Gasteiger partial charge in [0.25, 0.3) is 0 Å². The number of likely N-dealkylation sites (N-methyl/N-ethyl adjacent to an activating group) is 1. The molecule has 18 nitrogen and oxygen atoms in total. The highest BCUT2D eigenvalue weighted by molar-refractivity contribution is 5.90. The van der Waals surface area contributed by atoms with E-state index in [-0.39, 0.29) is 49.8 Å². The monoisotopic (exact) mass is 737 g/mol. The molecule has 18 heteroatoms. The summed E-state index contributed by atoms with van der Waals surface area (Å²) in [6.07, 6.45) is -10.0. The van der Waals surface area contributed by atoms with Crippen molar-refractivity contribution in [1.82, 2.24) is 16.0 Å². The number of carbonyl (C=O) groups is 4. The summed E-state index contributed by atoms with van der Waals surface area (Å²) in [5, 5.41) is 78.5. The number of carbonyl (C=O) groups excluding carboxylic acids is 3. The predicted octanol–water partition coefficient (Wildman–Crippen LogP) is -2.68. The summed E-state index contributed by atoms with van der Waals surface area (Å²) in [6, 6.07) is -1.71. The average molecular weight is 738 g/mol. The highest BCUT2D eigenvalue weighted by atomic mass is 16.7. The van der Waals surface area contributed by atoms with Gasteiger partial charge >= 0.3 is 5.97 Å². The van der Waals surface area contributed by atoms with Crippen LogP contribution in [-0.2, 0) is 38.1 Å². The Bertz CT molecular complexity index is 1110. The molecule has 2 aliphatic heterocycles. The number of aliphatic hydroxyl groups excluding tert-OH is 6. The molecule has 0 aromatic carbocycles. The highest BCUT2D eigenvalue weighted by Crippen LogP contribution is 2.32. The molecule has 12 atom stereocenters. The fourth-order valence-electron chi connectivity index (χ4n) is 5.94. The van der Waals surface area contributed by atoms with Crippen LogP contribution in [0.3, 0.4) is 0 Å². The lowest BCUT2D eigenvalue weighted by molar-refractivity contribution is -0.353. The minimum atomic E-state index is -1.70. The van der Waals surface area contributed by atoms with Crippen LogP contribution in [0.15, 0.2) is 0 Å². The van der Waals surface area contributed by atoms with Crippen LogP contribution in [0.5, 0.6) is 0 Å². The van der Waals surface area contributed by atoms with Gasteiger partial charge in [0, 0.05) is 31.9 Å². The number of rotatable bonds is 23. The van der Waals surface area contributed by atoms with E-state index in [1.54, 1.807) is 20.8 Å². The summed E-state index contributed by atoms with van der Waals surface area (Å²) >= 11 is 0. The molecule has 0 aromatic heterocycles. The summed E-state index contributed by atoms with van der Waals surface area (Å²) in [7, 11) is 1.50. The number of aliphatic hydroxyl groups is 6. The maximum Gasteiger partial charge on any atom is 0.320 e. The summed E-state index contributed by atoms with van der Waals surface area (Å²) in [5.41, 5.74) is -1.15. The summed E-state index contributed by atoms with van der Waals surface area (Å²) in [4.78, 5) is 49.0. The van der Waals surface area contributed by atoms with E-state index in [0.29, 0.717) is 25.8 Å². The van der Waals surface area contributed by atoms with Crippen molar-refractivity contribution in [3.05, 3.63) is 0 Å². The fourth-order valence-corrected chi connectivity index (χ4v) is 5.94. The van der Waals surface area contributed by atoms with Crippen molar-refractivity contribution < 1.29 is 73.9 Å². The fraction of sp³-hybridized carbons (Fsp3) is 0.879. The van der Waals surface area contributed by atoms with Crippen LogP contribution in [0.2, 0.25) is 0 Å². The first kappa shape index (κ1) is 45.0. The maximum absolute atomic E-state index is 13.1. The van der Waals surface area contributed by atoms with Crippen LogP contribution in [-0.4, -0.2) is 166 Å². The van der Waals surface area contributed by atoms with Crippen molar-refractivity contribution in [3.63, 3.8) is 0 Å². The molecule has 2 saturated heterocycles. The van der Waals surface area contributed by atoms with Gasteiger partial charge in [0.15, 0.2) is 18.4 Å². The Balaban J connectivity index is 1.82. The molecule has 1 amide bonds. The van der Waals surface area contributed by atoms with Gasteiger partial charge in [-0.15, -0.1) is 0 Å². The lowest BCUT2D eigenvalue weighted by Crippen LogP contribution is -2.63. The molecule has 296 valence electrons. The first-order valence-electron chi connectivity index (χ1n) is 17.5. The molecule has 0 radical (unpaired) electrons. The maximum atomic E-state index is 13.1. The molecule has 0 aromatic rings. The summed E-state index contributed by atoms with van der Waals surface area (Å²) < 4.78 is 22.7. The number of hydrogen-bond donors (Lipinski definition) is 10. The van der Waals surface area contributed by atoms with Crippen molar-refractivity contribution in [2.75, 3.05) is 33.4 Å². The van der Waals surface area contributed by atoms with Crippen molar-refractivity contribution in [2.24, 2.45) is 5.92 Å². The van der Waals surface area contributed by atoms with Gasteiger partial charge in [0.05, 0.1) is 30.9 Å². The molecule has 6 unspecified atom stereocenters. The molecule has 10 N–H and O–H groups in total. The molecule has 2 aliphatic rings. The standard InChI is InChI=1S/C33H59N3O15/c1-17(39)9-10-19(36-33(3,4)23(40)12-11-20(34-5)30(46)47)29(45)35-13-7-6-8-14-48-31-18(2)24(41)28(22(16-38)50-31)51-32-27(44)26(43)25(42)21(15-37)49-32/h18-22,24-28,31-32,34,36-38,41-44H,6-16H2,1-5H3,(H,35,45)(H,46,47)/t18?,19?,20?,21?,22?,24-,25+,26+,27?,28+,31-,32+/m1/s1. The second-order valence-electron chi connectivity index (χ2n) is 13.8. The minimum absolute atomic E-state index is 0.0261. The van der Waals surface area contributed by atoms with Crippen LogP contribution >= 0.6 is 0 Å². The van der Waals surface area contributed by atoms with Crippen molar-refractivity contribution in [1.29, 1.82) is 0 Å². The Hall–Kier alpha value is -2.20. The minimum Gasteiger partial charge on any atom is -0.480 e. The zero-order valence-electron chi connectivity index (χ0n) is 30.1. The Morgan fingerprint density at radius 3 is 2.04 bits per heavy atom. The molecular weight excluding hydrogens is 678 g/mol. The zero-order chi connectivity index (χ0) is 38.5. The number of aliphatic carboxylic acids is 1. The number of ketones is 2. The lowest BCUT2D eigenvalue weighted by atomic mass is 9.92. The van der Waals surface area contributed by atoms with Crippen LogP contribution in [0.25, 0.3) is 0 Å². The third kappa shape index (κ3) is 13.3. The SMILES string of the molecule is CNC(CCC(=O)C(C)(C)NC(CCC(C)=O)C(=O)NCCCCCO[C@@H]1OC(CO)[C@H](O[C@@H]2OC(CO)[C@H](O)[C@H](O)C2O)[C@H](O)C1C)C(=O)O. The highest BCUT2D eigenvalue weighted by Gasteiger charge is 2.50. The van der Waals surface area contributed by atoms with E-state index in [4.69, 9.17) is 18.9 Å². The van der Waals surface area contributed by atoms with Crippen LogP contribution in [0.1, 0.15) is 72.6 Å². The Morgan fingerprint density at radius 2 is 1.45 bits per heavy atom. The summed E-state index contributed by atoms with van der Waals surface area (Å²) in [5.74, 6) is -2.47. The summed E-state index contributed by atoms with van der Waals surface area (Å²) in [6.45, 7) is 5.58. The number of carboxylic acid groups (broad SMARTS) is 1. The van der Waals surface area contributed by atoms with E-state index in [9.17, 15) is 54.9 Å². The Kier molecular flexibility index (Phi) is 18.9. The van der Waals surface area contributed by atoms with Gasteiger partial charge in [0.2, 0.25) is 5.91 Å². The number of ether oxygens (including phenoxy) is 4. The number of carboxylic acids is 1. The van der Waals surface area contributed by atoms with E-state index in [0.717, 1.165) is 0 Å². The molecule has 2 heterocycles. The Labute approximate surface area is 298 Å². The van der Waals surface area contributed by atoms with E-state index in [2.05, 4.69) is 16.0 Å². The molecule has 0 saturated carbocycles. The van der Waals surface area contributed by atoms with Crippen molar-refractivity contribution in [2.45, 2.75) is 146 Å². The van der Waals surface area contributed by atoms with Gasteiger partial charge in [0.1, 0.15) is 48.4 Å². The van der Waals surface area contributed by atoms with Gasteiger partial charge in [-0.05, 0) is 59.9 Å². The third-order valence-corrected chi connectivity index (χ3v) is 9.34. The molecule has 0 spiro atoms. The van der Waals surface area contributed by atoms with E-state index >= 15 is 0 Å². The van der Waals surface area contributed by atoms with Crippen LogP contribution < -0.4 is 16.0 Å². The predicted molar refractivity (Wildman–Crippen MR) is 178 cm³/mol. The molecule has 0 bridgehead atoms. The largest absolute Gasteiger partial charge is 0.480 e. The van der Waals surface area contributed by atoms with E-state index in [1.165, 1.54) is 14.0 Å². The van der Waals surface area contributed by atoms with Gasteiger partial charge < -0.3 is 70.1 Å². The normalized spacial score (nSPS) is 31.1. The van der Waals surface area contributed by atoms with Crippen LogP contribution in [0.4, 0.5) is 0 Å². The number of unbranched alkanes of at least 4 members (excludes halogenated alkanes) is 2. The molecule has 2 rings (SSSR count). The quantitative estimate of drug-likeness (QED) is 0.0478. The molecule has 0 aliphatic carbocycles. The topological polar surface area (TPSA) is 283 Å². The van der Waals surface area contributed by atoms with Gasteiger partial charge in [-0.1, -0.05) is 6.92 Å².